The Morgan fingerprint density at radius 2 is 1.80 bits per heavy atom. The zero-order valence-electron chi connectivity index (χ0n) is 14.5. The fourth-order valence-electron chi connectivity index (χ4n) is 3.98. The molecular formula is C19H18N3O3+. The van der Waals surface area contributed by atoms with Crippen LogP contribution >= 0.6 is 0 Å². The first-order valence-electron chi connectivity index (χ1n) is 8.02. The Bertz CT molecular complexity index is 1040. The van der Waals surface area contributed by atoms with Crippen molar-refractivity contribution in [2.24, 2.45) is 5.10 Å². The zero-order valence-corrected chi connectivity index (χ0v) is 14.5. The first kappa shape index (κ1) is 15.7. The number of nitrogens with one attached hydrogen (secondary N) is 1. The van der Waals surface area contributed by atoms with Crippen molar-refractivity contribution in [3.05, 3.63) is 47.0 Å². The number of carbonyl (C=O) groups excluding carboxylic acids is 2. The molecule has 6 heteroatoms. The third-order valence-electron chi connectivity index (χ3n) is 5.23. The third-order valence-corrected chi connectivity index (χ3v) is 5.23. The molecular weight excluding hydrogens is 318 g/mol. The fourth-order valence-corrected chi connectivity index (χ4v) is 3.98. The molecule has 0 saturated heterocycles. The summed E-state index contributed by atoms with van der Waals surface area (Å²) in [4.78, 5) is 24.5. The first-order valence-corrected chi connectivity index (χ1v) is 8.02. The minimum Gasteiger partial charge on any atom is -0.357 e. The van der Waals surface area contributed by atoms with Crippen LogP contribution in [0.25, 0.3) is 10.8 Å². The SMILES string of the molecule is COC1(c2cc3c(c4ccccc24)C(=O)NC3=O)C(C)=N[N+](C)=C1C. The standard InChI is InChI=1S/C19H17N3O3/c1-10-19(25-4,11(2)22(3)21-10)15-9-14-16(18(24)20-17(14)23)13-8-6-5-7-12(13)15/h5-9H,1-4H3/p+1. The molecule has 0 aliphatic carbocycles. The highest BCUT2D eigenvalue weighted by Crippen LogP contribution is 2.40. The van der Waals surface area contributed by atoms with Crippen molar-refractivity contribution in [1.82, 2.24) is 5.32 Å². The molecule has 1 N–H and O–H groups in total. The maximum Gasteiger partial charge on any atom is 0.259 e. The summed E-state index contributed by atoms with van der Waals surface area (Å²) in [6.07, 6.45) is 0. The van der Waals surface area contributed by atoms with E-state index in [-0.39, 0.29) is 11.8 Å². The number of ether oxygens (including phenoxy) is 1. The van der Waals surface area contributed by atoms with E-state index >= 15 is 0 Å². The molecule has 2 aliphatic heterocycles. The van der Waals surface area contributed by atoms with Crippen LogP contribution in [0.4, 0.5) is 0 Å². The van der Waals surface area contributed by atoms with Crippen molar-refractivity contribution in [2.75, 3.05) is 14.2 Å². The number of hydrogen-bond acceptors (Lipinski definition) is 4. The highest BCUT2D eigenvalue weighted by Gasteiger charge is 2.51. The number of rotatable bonds is 2. The molecule has 2 aromatic rings. The van der Waals surface area contributed by atoms with Crippen molar-refractivity contribution in [2.45, 2.75) is 19.4 Å². The lowest BCUT2D eigenvalue weighted by molar-refractivity contribution is -0.501. The molecule has 2 aliphatic rings. The number of fused-ring (bicyclic) bond motifs is 3. The van der Waals surface area contributed by atoms with E-state index in [9.17, 15) is 9.59 Å². The van der Waals surface area contributed by atoms with Gasteiger partial charge in [-0.1, -0.05) is 28.9 Å². The molecule has 2 amide bonds. The van der Waals surface area contributed by atoms with Crippen molar-refractivity contribution < 1.29 is 19.0 Å². The summed E-state index contributed by atoms with van der Waals surface area (Å²) in [6, 6.07) is 9.35. The van der Waals surface area contributed by atoms with Crippen LogP contribution in [0.2, 0.25) is 0 Å². The highest BCUT2D eigenvalue weighted by molar-refractivity contribution is 6.28. The van der Waals surface area contributed by atoms with Gasteiger partial charge in [-0.3, -0.25) is 14.9 Å². The predicted molar refractivity (Wildman–Crippen MR) is 94.4 cm³/mol. The van der Waals surface area contributed by atoms with Crippen LogP contribution in [0, 0.1) is 0 Å². The van der Waals surface area contributed by atoms with Gasteiger partial charge >= 0.3 is 0 Å². The normalized spacial score (nSPS) is 22.5. The smallest absolute Gasteiger partial charge is 0.259 e. The third kappa shape index (κ3) is 1.83. The lowest BCUT2D eigenvalue weighted by Gasteiger charge is -2.27. The Labute approximate surface area is 144 Å². The Morgan fingerprint density at radius 1 is 1.12 bits per heavy atom. The van der Waals surface area contributed by atoms with Crippen LogP contribution in [0.15, 0.2) is 35.4 Å². The van der Waals surface area contributed by atoms with Gasteiger partial charge in [-0.2, -0.15) is 0 Å². The number of amides is 2. The molecule has 4 rings (SSSR count). The van der Waals surface area contributed by atoms with Crippen LogP contribution in [0.1, 0.15) is 40.1 Å². The quantitative estimate of drug-likeness (QED) is 0.674. The van der Waals surface area contributed by atoms with Gasteiger partial charge in [0.1, 0.15) is 5.71 Å². The molecule has 0 fully saturated rings. The first-order chi connectivity index (χ1) is 11.9. The number of hydrazone groups is 1. The molecule has 0 aromatic heterocycles. The maximum atomic E-state index is 12.3. The van der Waals surface area contributed by atoms with Gasteiger partial charge in [-0.05, 0) is 28.9 Å². The lowest BCUT2D eigenvalue weighted by atomic mass is 9.80. The second-order valence-corrected chi connectivity index (χ2v) is 6.36. The number of hydrogen-bond donors (Lipinski definition) is 1. The topological polar surface area (TPSA) is 70.8 Å². The average molecular weight is 336 g/mol. The molecule has 0 radical (unpaired) electrons. The van der Waals surface area contributed by atoms with Gasteiger partial charge in [0, 0.05) is 19.6 Å². The number of carbonyl (C=O) groups is 2. The van der Waals surface area contributed by atoms with Gasteiger partial charge in [-0.25, -0.2) is 0 Å². The molecule has 2 heterocycles. The van der Waals surface area contributed by atoms with E-state index < -0.39 is 5.60 Å². The fraction of sp³-hybridized carbons (Fsp3) is 0.263. The summed E-state index contributed by atoms with van der Waals surface area (Å²) < 4.78 is 7.77. The van der Waals surface area contributed by atoms with Crippen LogP contribution in [-0.2, 0) is 10.3 Å². The van der Waals surface area contributed by atoms with Crippen molar-refractivity contribution in [3.8, 4) is 0 Å². The number of nitrogens with zero attached hydrogens (tertiary/aromatic N) is 2. The summed E-state index contributed by atoms with van der Waals surface area (Å²) in [5.41, 5.74) is 2.44. The van der Waals surface area contributed by atoms with Crippen LogP contribution in [-0.4, -0.2) is 42.1 Å². The van der Waals surface area contributed by atoms with E-state index in [2.05, 4.69) is 10.4 Å². The van der Waals surface area contributed by atoms with E-state index in [1.807, 2.05) is 45.2 Å². The van der Waals surface area contributed by atoms with Crippen LogP contribution in [0.5, 0.6) is 0 Å². The van der Waals surface area contributed by atoms with E-state index in [1.165, 1.54) is 0 Å². The van der Waals surface area contributed by atoms with Crippen molar-refractivity contribution in [3.63, 3.8) is 0 Å². The second kappa shape index (κ2) is 5.07. The van der Waals surface area contributed by atoms with Gasteiger partial charge in [0.25, 0.3) is 11.8 Å². The van der Waals surface area contributed by atoms with Crippen molar-refractivity contribution >= 4 is 34.0 Å². The van der Waals surface area contributed by atoms with E-state index in [0.29, 0.717) is 11.1 Å². The Kier molecular flexibility index (Phi) is 3.17. The Balaban J connectivity index is 2.16. The molecule has 0 spiro atoms. The minimum absolute atomic E-state index is 0.358. The molecule has 1 unspecified atom stereocenters. The van der Waals surface area contributed by atoms with Gasteiger partial charge < -0.3 is 4.74 Å². The van der Waals surface area contributed by atoms with Crippen molar-refractivity contribution in [1.29, 1.82) is 0 Å². The summed E-state index contributed by atoms with van der Waals surface area (Å²) in [5, 5.41) is 8.53. The van der Waals surface area contributed by atoms with Gasteiger partial charge in [0.2, 0.25) is 11.3 Å². The number of imide groups is 1. The molecule has 6 nitrogen and oxygen atoms in total. The maximum absolute atomic E-state index is 12.3. The molecule has 0 bridgehead atoms. The number of methoxy groups -OCH3 is 1. The Hall–Kier alpha value is -2.86. The lowest BCUT2D eigenvalue weighted by Crippen LogP contribution is -2.42. The highest BCUT2D eigenvalue weighted by atomic mass is 16.5. The molecule has 2 aromatic carbocycles. The van der Waals surface area contributed by atoms with E-state index in [4.69, 9.17) is 4.74 Å². The molecule has 1 atom stereocenters. The van der Waals surface area contributed by atoms with E-state index in [1.54, 1.807) is 17.9 Å². The van der Waals surface area contributed by atoms with Gasteiger partial charge in [0.15, 0.2) is 7.05 Å². The Morgan fingerprint density at radius 3 is 2.40 bits per heavy atom. The van der Waals surface area contributed by atoms with Gasteiger partial charge in [0.05, 0.1) is 11.1 Å². The zero-order chi connectivity index (χ0) is 17.9. The second-order valence-electron chi connectivity index (χ2n) is 6.36. The summed E-state index contributed by atoms with van der Waals surface area (Å²) in [6.45, 7) is 3.86. The molecule has 126 valence electrons. The average Bonchev–Trinajstić information content (AvgIpc) is 3.01. The number of benzene rings is 2. The summed E-state index contributed by atoms with van der Waals surface area (Å²) in [7, 11) is 3.50. The minimum atomic E-state index is -0.866. The molecule has 0 saturated carbocycles. The predicted octanol–water partition coefficient (Wildman–Crippen LogP) is 2.06. The van der Waals surface area contributed by atoms with E-state index in [0.717, 1.165) is 27.8 Å². The molecule has 25 heavy (non-hydrogen) atoms. The largest absolute Gasteiger partial charge is 0.357 e. The van der Waals surface area contributed by atoms with Gasteiger partial charge in [-0.15, -0.1) is 0 Å². The van der Waals surface area contributed by atoms with Crippen LogP contribution < -0.4 is 5.32 Å². The summed E-state index contributed by atoms with van der Waals surface area (Å²) in [5.74, 6) is -0.735. The monoisotopic (exact) mass is 336 g/mol. The van der Waals surface area contributed by atoms with Crippen LogP contribution in [0.3, 0.4) is 0 Å². The summed E-state index contributed by atoms with van der Waals surface area (Å²) >= 11 is 0.